The number of amides is 2. The Kier molecular flexibility index (Phi) is 8.61. The number of alkyl halides is 1. The van der Waals surface area contributed by atoms with E-state index >= 15 is 0 Å². The van der Waals surface area contributed by atoms with Crippen LogP contribution in [0.15, 0.2) is 48.5 Å². The molecule has 2 aromatic rings. The molecule has 2 aromatic carbocycles. The zero-order chi connectivity index (χ0) is 23.3. The first kappa shape index (κ1) is 24.6. The molecule has 2 amide bonds. The van der Waals surface area contributed by atoms with Crippen LogP contribution >= 0.6 is 23.2 Å². The van der Waals surface area contributed by atoms with Crippen LogP contribution in [0, 0.1) is 18.8 Å². The van der Waals surface area contributed by atoms with Crippen molar-refractivity contribution in [3.63, 3.8) is 0 Å². The van der Waals surface area contributed by atoms with Crippen molar-refractivity contribution < 1.29 is 9.59 Å². The van der Waals surface area contributed by atoms with E-state index in [9.17, 15) is 9.59 Å². The predicted octanol–water partition coefficient (Wildman–Crippen LogP) is 5.90. The van der Waals surface area contributed by atoms with Gasteiger partial charge in [-0.1, -0.05) is 86.3 Å². The second-order valence-electron chi connectivity index (χ2n) is 8.94. The Morgan fingerprint density at radius 3 is 2.44 bits per heavy atom. The van der Waals surface area contributed by atoms with Crippen LogP contribution in [-0.4, -0.2) is 28.6 Å². The van der Waals surface area contributed by atoms with Crippen molar-refractivity contribution >= 4 is 35.0 Å². The van der Waals surface area contributed by atoms with Crippen molar-refractivity contribution in [3.05, 3.63) is 70.2 Å². The fraction of sp³-hybridized carbons (Fsp3) is 0.462. The summed E-state index contributed by atoms with van der Waals surface area (Å²) in [6.07, 6.45) is 3.22. The molecular formula is C26H32Cl2N2O2. The lowest BCUT2D eigenvalue weighted by Crippen LogP contribution is -2.50. The molecular weight excluding hydrogens is 443 g/mol. The highest BCUT2D eigenvalue weighted by Crippen LogP contribution is 2.31. The van der Waals surface area contributed by atoms with E-state index in [0.29, 0.717) is 16.9 Å². The van der Waals surface area contributed by atoms with E-state index in [0.717, 1.165) is 29.5 Å². The van der Waals surface area contributed by atoms with Gasteiger partial charge in [-0.05, 0) is 42.4 Å². The van der Waals surface area contributed by atoms with Gasteiger partial charge in [0.2, 0.25) is 11.8 Å². The van der Waals surface area contributed by atoms with Crippen LogP contribution < -0.4 is 5.32 Å². The Bertz CT molecular complexity index is 932. The molecule has 1 N–H and O–H groups in total. The first-order chi connectivity index (χ1) is 15.3. The molecule has 0 aromatic heterocycles. The number of halogens is 2. The third-order valence-corrected chi connectivity index (χ3v) is 7.32. The third kappa shape index (κ3) is 5.85. The number of aryl methyl sites for hydroxylation is 1. The third-order valence-electron chi connectivity index (χ3n) is 6.72. The van der Waals surface area contributed by atoms with E-state index < -0.39 is 6.04 Å². The Morgan fingerprint density at radius 1 is 1.09 bits per heavy atom. The van der Waals surface area contributed by atoms with Gasteiger partial charge in [0.1, 0.15) is 11.9 Å². The Morgan fingerprint density at radius 2 is 1.78 bits per heavy atom. The van der Waals surface area contributed by atoms with Gasteiger partial charge in [-0.2, -0.15) is 0 Å². The van der Waals surface area contributed by atoms with Crippen molar-refractivity contribution in [2.75, 3.05) is 5.88 Å². The molecule has 6 heteroatoms. The fourth-order valence-corrected chi connectivity index (χ4v) is 4.83. The quantitative estimate of drug-likeness (QED) is 0.507. The van der Waals surface area contributed by atoms with Crippen LogP contribution in [0.4, 0.5) is 0 Å². The van der Waals surface area contributed by atoms with E-state index in [4.69, 9.17) is 23.2 Å². The number of carbonyl (C=O) groups excluding carboxylic acids is 2. The van der Waals surface area contributed by atoms with Crippen molar-refractivity contribution in [1.82, 2.24) is 10.2 Å². The molecule has 1 fully saturated rings. The van der Waals surface area contributed by atoms with Gasteiger partial charge >= 0.3 is 0 Å². The van der Waals surface area contributed by atoms with E-state index in [1.54, 1.807) is 11.0 Å². The smallest absolute Gasteiger partial charge is 0.247 e. The molecule has 0 radical (unpaired) electrons. The highest BCUT2D eigenvalue weighted by Gasteiger charge is 2.35. The molecule has 0 unspecified atom stereocenters. The predicted molar refractivity (Wildman–Crippen MR) is 131 cm³/mol. The molecule has 172 valence electrons. The van der Waals surface area contributed by atoms with Crippen LogP contribution in [0.2, 0.25) is 5.02 Å². The van der Waals surface area contributed by atoms with Gasteiger partial charge in [0.05, 0.1) is 0 Å². The molecule has 0 aliphatic heterocycles. The van der Waals surface area contributed by atoms with Crippen LogP contribution in [-0.2, 0) is 16.1 Å². The molecule has 0 heterocycles. The number of nitrogens with zero attached hydrogens (tertiary/aromatic N) is 1. The Hall–Kier alpha value is -2.04. The number of hydrogen-bond acceptors (Lipinski definition) is 2. The monoisotopic (exact) mass is 474 g/mol. The maximum Gasteiger partial charge on any atom is 0.247 e. The summed E-state index contributed by atoms with van der Waals surface area (Å²) in [7, 11) is 0. The average molecular weight is 475 g/mol. The molecule has 1 aliphatic rings. The number of hydrogen-bond donors (Lipinski definition) is 1. The Balaban J connectivity index is 1.97. The summed E-state index contributed by atoms with van der Waals surface area (Å²) in [5.74, 6) is 0.238. The van der Waals surface area contributed by atoms with Gasteiger partial charge < -0.3 is 10.2 Å². The first-order valence-corrected chi connectivity index (χ1v) is 12.2. The molecule has 0 spiro atoms. The number of rotatable bonds is 7. The molecule has 1 saturated carbocycles. The first-order valence-electron chi connectivity index (χ1n) is 11.3. The van der Waals surface area contributed by atoms with E-state index in [-0.39, 0.29) is 30.3 Å². The van der Waals surface area contributed by atoms with E-state index in [2.05, 4.69) is 19.2 Å². The van der Waals surface area contributed by atoms with Crippen molar-refractivity contribution in [1.29, 1.82) is 0 Å². The standard InChI is InChI=1S/C26H32Cl2N2O2/c1-17-11-13-20(14-12-17)25(26(32)29-23-10-6-7-18(2)19(23)3)30(24(31)15-27)16-21-8-4-5-9-22(21)28/h4-5,8-9,11-14,18-19,23,25H,6-7,10,15-16H2,1-3H3,(H,29,32)/t18-,19-,23-,25-/m1/s1. The molecule has 1 aliphatic carbocycles. The van der Waals surface area contributed by atoms with E-state index in [1.807, 2.05) is 49.4 Å². The summed E-state index contributed by atoms with van der Waals surface area (Å²) in [6.45, 7) is 6.63. The minimum absolute atomic E-state index is 0.0902. The summed E-state index contributed by atoms with van der Waals surface area (Å²) < 4.78 is 0. The van der Waals surface area contributed by atoms with Crippen molar-refractivity contribution in [3.8, 4) is 0 Å². The summed E-state index contributed by atoms with van der Waals surface area (Å²) in [4.78, 5) is 28.2. The highest BCUT2D eigenvalue weighted by molar-refractivity contribution is 6.31. The molecule has 32 heavy (non-hydrogen) atoms. The summed E-state index contributed by atoms with van der Waals surface area (Å²) in [5, 5.41) is 3.82. The summed E-state index contributed by atoms with van der Waals surface area (Å²) >= 11 is 12.4. The van der Waals surface area contributed by atoms with Gasteiger partial charge in [0, 0.05) is 17.6 Å². The maximum atomic E-state index is 13.7. The van der Waals surface area contributed by atoms with E-state index in [1.165, 1.54) is 6.42 Å². The van der Waals surface area contributed by atoms with Crippen LogP contribution in [0.5, 0.6) is 0 Å². The number of nitrogens with one attached hydrogen (secondary N) is 1. The fourth-order valence-electron chi connectivity index (χ4n) is 4.48. The lowest BCUT2D eigenvalue weighted by molar-refractivity contribution is -0.140. The highest BCUT2D eigenvalue weighted by atomic mass is 35.5. The largest absolute Gasteiger partial charge is 0.351 e. The molecule has 0 bridgehead atoms. The summed E-state index contributed by atoms with van der Waals surface area (Å²) in [5.41, 5.74) is 2.62. The average Bonchev–Trinajstić information content (AvgIpc) is 2.78. The second kappa shape index (κ2) is 11.2. The van der Waals surface area contributed by atoms with Crippen LogP contribution in [0.3, 0.4) is 0 Å². The van der Waals surface area contributed by atoms with Gasteiger partial charge in [0.15, 0.2) is 0 Å². The molecule has 3 rings (SSSR count). The topological polar surface area (TPSA) is 49.4 Å². The van der Waals surface area contributed by atoms with Crippen LogP contribution in [0.1, 0.15) is 55.8 Å². The SMILES string of the molecule is Cc1ccc([C@H](C(=O)N[C@@H]2CCC[C@@H](C)[C@H]2C)N(Cc2ccccc2Cl)C(=O)CCl)cc1. The number of carbonyl (C=O) groups is 2. The summed E-state index contributed by atoms with van der Waals surface area (Å²) in [6, 6.07) is 14.4. The minimum Gasteiger partial charge on any atom is -0.351 e. The van der Waals surface area contributed by atoms with Gasteiger partial charge in [-0.3, -0.25) is 9.59 Å². The minimum atomic E-state index is -0.789. The molecule has 4 atom stereocenters. The number of benzene rings is 2. The van der Waals surface area contributed by atoms with Crippen molar-refractivity contribution in [2.45, 2.75) is 58.7 Å². The molecule has 4 nitrogen and oxygen atoms in total. The van der Waals surface area contributed by atoms with Gasteiger partial charge in [-0.15, -0.1) is 11.6 Å². The lowest BCUT2D eigenvalue weighted by Gasteiger charge is -2.37. The zero-order valence-corrected chi connectivity index (χ0v) is 20.5. The zero-order valence-electron chi connectivity index (χ0n) is 19.0. The lowest BCUT2D eigenvalue weighted by atomic mass is 9.78. The molecule has 0 saturated heterocycles. The Labute approximate surface area is 201 Å². The van der Waals surface area contributed by atoms with Gasteiger partial charge in [-0.25, -0.2) is 0 Å². The maximum absolute atomic E-state index is 13.7. The van der Waals surface area contributed by atoms with Crippen LogP contribution in [0.25, 0.3) is 0 Å². The normalized spacial score (nSPS) is 21.6. The van der Waals surface area contributed by atoms with Gasteiger partial charge in [0.25, 0.3) is 0 Å². The second-order valence-corrected chi connectivity index (χ2v) is 9.62. The van der Waals surface area contributed by atoms with Crippen molar-refractivity contribution in [2.24, 2.45) is 11.8 Å².